The van der Waals surface area contributed by atoms with Gasteiger partial charge in [0.2, 0.25) is 0 Å². The summed E-state index contributed by atoms with van der Waals surface area (Å²) in [6.45, 7) is 2.00. The summed E-state index contributed by atoms with van der Waals surface area (Å²) >= 11 is 1.36. The number of benzene rings is 3. The minimum Gasteiger partial charge on any atom is -0.461 e. The Balaban J connectivity index is 1.13. The Morgan fingerprint density at radius 3 is 2.25 bits per heavy atom. The van der Waals surface area contributed by atoms with Crippen LogP contribution in [0.5, 0.6) is 0 Å². The van der Waals surface area contributed by atoms with E-state index in [0.29, 0.717) is 24.4 Å². The summed E-state index contributed by atoms with van der Waals surface area (Å²) in [5.41, 5.74) is 6.21. The predicted molar refractivity (Wildman–Crippen MR) is 157 cm³/mol. The average molecular weight is 558 g/mol. The number of amides is 1. The van der Waals surface area contributed by atoms with E-state index >= 15 is 0 Å². The Morgan fingerprint density at radius 1 is 0.850 bits per heavy atom. The van der Waals surface area contributed by atoms with Crippen molar-refractivity contribution in [1.82, 2.24) is 16.1 Å². The van der Waals surface area contributed by atoms with E-state index in [1.54, 1.807) is 11.5 Å². The first-order valence-corrected chi connectivity index (χ1v) is 14.6. The molecule has 208 valence electrons. The lowest BCUT2D eigenvalue weighted by Crippen LogP contribution is -2.40. The molecule has 1 atom stereocenters. The molecule has 1 aliphatic rings. The topological polar surface area (TPSA) is 99.7 Å². The van der Waals surface area contributed by atoms with Gasteiger partial charge in [0.1, 0.15) is 12.1 Å². The van der Waals surface area contributed by atoms with Crippen molar-refractivity contribution in [2.24, 2.45) is 0 Å². The summed E-state index contributed by atoms with van der Waals surface area (Å²) < 4.78 is 6.84. The van der Waals surface area contributed by atoms with Gasteiger partial charge in [-0.2, -0.15) is 0 Å². The minimum atomic E-state index is -0.491. The Bertz CT molecular complexity index is 1420. The highest BCUT2D eigenvalue weighted by atomic mass is 32.1. The number of nitrogens with one attached hydrogen (secondary N) is 3. The fourth-order valence-corrected chi connectivity index (χ4v) is 6.08. The third-order valence-electron chi connectivity index (χ3n) is 7.30. The van der Waals surface area contributed by atoms with Crippen molar-refractivity contribution in [2.45, 2.75) is 63.9 Å². The van der Waals surface area contributed by atoms with Gasteiger partial charge in [-0.25, -0.2) is 5.48 Å². The summed E-state index contributed by atoms with van der Waals surface area (Å²) in [6.07, 6.45) is 4.84. The Morgan fingerprint density at radius 2 is 1.52 bits per heavy atom. The third kappa shape index (κ3) is 7.55. The van der Waals surface area contributed by atoms with E-state index < -0.39 is 5.91 Å². The molecule has 0 bridgehead atoms. The van der Waals surface area contributed by atoms with E-state index in [-0.39, 0.29) is 18.1 Å². The standard InChI is InChI=1S/C32H35N3O4S/c36-31(35-38)30-18-26-15-14-25(17-29(26)40-30)20-33-19-23-10-12-24(13-11-23)21-34-28(16-22-6-2-1-3-7-22)32(37)39-27-8-4-5-9-27/h1-3,6-7,10-15,17-18,27-28,33-34,38H,4-5,8-9,16,19-21H2,(H,35,36)/t28-/m0/s1. The number of carbonyl (C=O) groups excluding carboxylic acids is 2. The van der Waals surface area contributed by atoms with Crippen molar-refractivity contribution >= 4 is 33.3 Å². The molecular formula is C32H35N3O4S. The fourth-order valence-electron chi connectivity index (χ4n) is 5.06. The number of carbonyl (C=O) groups is 2. The molecule has 1 aliphatic carbocycles. The highest BCUT2D eigenvalue weighted by Gasteiger charge is 2.25. The number of hydrogen-bond acceptors (Lipinski definition) is 7. The zero-order chi connectivity index (χ0) is 27.7. The van der Waals surface area contributed by atoms with Crippen molar-refractivity contribution in [3.63, 3.8) is 0 Å². The maximum atomic E-state index is 13.0. The van der Waals surface area contributed by atoms with Gasteiger partial charge in [0.05, 0.1) is 4.88 Å². The SMILES string of the molecule is O=C(NO)c1cc2ccc(CNCc3ccc(CN[C@@H](Cc4ccccc4)C(=O)OC4CCCC4)cc3)cc2s1. The van der Waals surface area contributed by atoms with E-state index in [9.17, 15) is 9.59 Å². The van der Waals surface area contributed by atoms with Crippen molar-refractivity contribution < 1.29 is 19.5 Å². The Hall–Kier alpha value is -3.56. The molecule has 0 spiro atoms. The van der Waals surface area contributed by atoms with Gasteiger partial charge in [0.15, 0.2) is 0 Å². The number of hydroxylamine groups is 1. The van der Waals surface area contributed by atoms with Crippen LogP contribution in [0.25, 0.3) is 10.1 Å². The van der Waals surface area contributed by atoms with Gasteiger partial charge < -0.3 is 15.4 Å². The largest absolute Gasteiger partial charge is 0.461 e. The lowest BCUT2D eigenvalue weighted by Gasteiger charge is -2.20. The van der Waals surface area contributed by atoms with E-state index in [0.717, 1.165) is 59.0 Å². The first kappa shape index (κ1) is 28.0. The van der Waals surface area contributed by atoms with Crippen molar-refractivity contribution in [3.05, 3.63) is 106 Å². The van der Waals surface area contributed by atoms with Crippen LogP contribution in [-0.4, -0.2) is 29.2 Å². The Kier molecular flexibility index (Phi) is 9.57. The summed E-state index contributed by atoms with van der Waals surface area (Å²) in [4.78, 5) is 25.2. The van der Waals surface area contributed by atoms with Gasteiger partial charge in [-0.1, -0.05) is 66.7 Å². The molecule has 1 heterocycles. The molecule has 1 saturated carbocycles. The zero-order valence-electron chi connectivity index (χ0n) is 22.4. The molecule has 0 saturated heterocycles. The quantitative estimate of drug-likeness (QED) is 0.104. The average Bonchev–Trinajstić information content (AvgIpc) is 3.66. The van der Waals surface area contributed by atoms with E-state index in [2.05, 4.69) is 41.0 Å². The molecule has 5 rings (SSSR count). The molecule has 40 heavy (non-hydrogen) atoms. The van der Waals surface area contributed by atoms with Gasteiger partial charge >= 0.3 is 5.97 Å². The van der Waals surface area contributed by atoms with Gasteiger partial charge in [-0.15, -0.1) is 11.3 Å². The van der Waals surface area contributed by atoms with Crippen LogP contribution in [0, 0.1) is 0 Å². The number of esters is 1. The molecule has 1 fully saturated rings. The smallest absolute Gasteiger partial charge is 0.323 e. The monoisotopic (exact) mass is 557 g/mol. The van der Waals surface area contributed by atoms with Crippen LogP contribution < -0.4 is 16.1 Å². The second-order valence-corrected chi connectivity index (χ2v) is 11.4. The highest BCUT2D eigenvalue weighted by Crippen LogP contribution is 2.27. The first-order valence-electron chi connectivity index (χ1n) is 13.8. The fraction of sp³-hybridized carbons (Fsp3) is 0.312. The third-order valence-corrected chi connectivity index (χ3v) is 8.39. The van der Waals surface area contributed by atoms with Crippen LogP contribution in [-0.2, 0) is 35.6 Å². The second-order valence-electron chi connectivity index (χ2n) is 10.3. The van der Waals surface area contributed by atoms with Crippen molar-refractivity contribution in [3.8, 4) is 0 Å². The van der Waals surface area contributed by atoms with Crippen molar-refractivity contribution in [1.29, 1.82) is 0 Å². The number of ether oxygens (including phenoxy) is 1. The van der Waals surface area contributed by atoms with Crippen molar-refractivity contribution in [2.75, 3.05) is 0 Å². The van der Waals surface area contributed by atoms with Crippen LogP contribution in [0.2, 0.25) is 0 Å². The maximum absolute atomic E-state index is 13.0. The molecule has 0 radical (unpaired) electrons. The lowest BCUT2D eigenvalue weighted by atomic mass is 10.1. The van der Waals surface area contributed by atoms with Crippen LogP contribution >= 0.6 is 11.3 Å². The van der Waals surface area contributed by atoms with Crippen LogP contribution in [0.15, 0.2) is 78.9 Å². The molecule has 7 nitrogen and oxygen atoms in total. The van der Waals surface area contributed by atoms with Crippen LogP contribution in [0.3, 0.4) is 0 Å². The molecule has 3 aromatic carbocycles. The summed E-state index contributed by atoms with van der Waals surface area (Å²) in [7, 11) is 0. The molecule has 8 heteroatoms. The maximum Gasteiger partial charge on any atom is 0.323 e. The molecular weight excluding hydrogens is 522 g/mol. The Labute approximate surface area is 238 Å². The van der Waals surface area contributed by atoms with Gasteiger partial charge in [0.25, 0.3) is 5.91 Å². The number of rotatable bonds is 12. The lowest BCUT2D eigenvalue weighted by molar-refractivity contribution is -0.151. The first-order chi connectivity index (χ1) is 19.6. The number of hydrogen-bond donors (Lipinski definition) is 4. The predicted octanol–water partition coefficient (Wildman–Crippen LogP) is 5.50. The van der Waals surface area contributed by atoms with Gasteiger partial charge in [-0.05, 0) is 71.9 Å². The number of fused-ring (bicyclic) bond motifs is 1. The van der Waals surface area contributed by atoms with Crippen LogP contribution in [0.1, 0.15) is 57.6 Å². The summed E-state index contributed by atoms with van der Waals surface area (Å²) in [5, 5.41) is 16.8. The van der Waals surface area contributed by atoms with Crippen LogP contribution in [0.4, 0.5) is 0 Å². The number of thiophene rings is 1. The minimum absolute atomic E-state index is 0.0526. The molecule has 1 aromatic heterocycles. The molecule has 4 N–H and O–H groups in total. The zero-order valence-corrected chi connectivity index (χ0v) is 23.2. The molecule has 1 amide bonds. The molecule has 0 unspecified atom stereocenters. The van der Waals surface area contributed by atoms with Gasteiger partial charge in [-0.3, -0.25) is 14.8 Å². The van der Waals surface area contributed by atoms with E-state index in [1.807, 2.05) is 42.5 Å². The second kappa shape index (κ2) is 13.7. The molecule has 0 aliphatic heterocycles. The van der Waals surface area contributed by atoms with Gasteiger partial charge in [0, 0.05) is 24.3 Å². The van der Waals surface area contributed by atoms with E-state index in [4.69, 9.17) is 9.94 Å². The summed E-state index contributed by atoms with van der Waals surface area (Å²) in [5.74, 6) is -0.652. The normalized spacial score (nSPS) is 14.3. The molecule has 4 aromatic rings. The van der Waals surface area contributed by atoms with E-state index in [1.165, 1.54) is 16.9 Å². The summed E-state index contributed by atoms with van der Waals surface area (Å²) in [6, 6.07) is 26.0. The highest BCUT2D eigenvalue weighted by molar-refractivity contribution is 7.20.